The normalized spacial score (nSPS) is 25.1. The Morgan fingerprint density at radius 1 is 1.10 bits per heavy atom. The monoisotopic (exact) mass is 273 g/mol. The summed E-state index contributed by atoms with van der Waals surface area (Å²) in [4.78, 5) is 0. The lowest BCUT2D eigenvalue weighted by Gasteiger charge is -2.25. The van der Waals surface area contributed by atoms with Crippen LogP contribution in [0.2, 0.25) is 0 Å². The molecule has 112 valence electrons. The quantitative estimate of drug-likeness (QED) is 0.677. The maximum atomic E-state index is 3.97. The zero-order chi connectivity index (χ0) is 14.2. The van der Waals surface area contributed by atoms with Crippen molar-refractivity contribution in [2.24, 2.45) is 5.92 Å². The first-order chi connectivity index (χ1) is 9.79. The third-order valence-electron chi connectivity index (χ3n) is 4.74. The van der Waals surface area contributed by atoms with Gasteiger partial charge in [0, 0.05) is 12.1 Å². The molecule has 1 aliphatic carbocycles. The standard InChI is InChI=1S/C19H31N/c1-3-4-13-19(17-10-6-5-7-11-17)20-18-12-8-9-16(2)14-15-18/h5-7,10-11,16,18-20H,3-4,8-9,12-15H2,1-2H3. The van der Waals surface area contributed by atoms with E-state index in [4.69, 9.17) is 0 Å². The molecule has 1 nitrogen and oxygen atoms in total. The van der Waals surface area contributed by atoms with Gasteiger partial charge < -0.3 is 5.32 Å². The van der Waals surface area contributed by atoms with E-state index in [2.05, 4.69) is 49.5 Å². The van der Waals surface area contributed by atoms with Crippen LogP contribution >= 0.6 is 0 Å². The van der Waals surface area contributed by atoms with Crippen molar-refractivity contribution in [1.82, 2.24) is 5.32 Å². The fraction of sp³-hybridized carbons (Fsp3) is 0.684. The molecule has 1 aromatic carbocycles. The highest BCUT2D eigenvalue weighted by molar-refractivity contribution is 5.19. The second-order valence-corrected chi connectivity index (χ2v) is 6.58. The number of rotatable bonds is 6. The van der Waals surface area contributed by atoms with E-state index in [0.29, 0.717) is 6.04 Å². The van der Waals surface area contributed by atoms with Crippen LogP contribution in [0.1, 0.15) is 76.8 Å². The van der Waals surface area contributed by atoms with E-state index >= 15 is 0 Å². The summed E-state index contributed by atoms with van der Waals surface area (Å²) in [6.07, 6.45) is 10.8. The van der Waals surface area contributed by atoms with Crippen LogP contribution in [-0.4, -0.2) is 6.04 Å². The highest BCUT2D eigenvalue weighted by atomic mass is 14.9. The molecular weight excluding hydrogens is 242 g/mol. The summed E-state index contributed by atoms with van der Waals surface area (Å²) in [5.41, 5.74) is 1.47. The van der Waals surface area contributed by atoms with Crippen molar-refractivity contribution in [3.05, 3.63) is 35.9 Å². The zero-order valence-electron chi connectivity index (χ0n) is 13.3. The molecule has 0 aromatic heterocycles. The van der Waals surface area contributed by atoms with Crippen LogP contribution in [0.15, 0.2) is 30.3 Å². The Hall–Kier alpha value is -0.820. The molecule has 3 unspecified atom stereocenters. The first kappa shape index (κ1) is 15.6. The van der Waals surface area contributed by atoms with Gasteiger partial charge in [-0.1, -0.05) is 69.9 Å². The van der Waals surface area contributed by atoms with Crippen LogP contribution in [0.25, 0.3) is 0 Å². The summed E-state index contributed by atoms with van der Waals surface area (Å²) in [7, 11) is 0. The Kier molecular flexibility index (Phi) is 6.59. The lowest BCUT2D eigenvalue weighted by molar-refractivity contribution is 0.374. The van der Waals surface area contributed by atoms with Crippen LogP contribution in [0, 0.1) is 5.92 Å². The Morgan fingerprint density at radius 3 is 2.65 bits per heavy atom. The molecule has 1 N–H and O–H groups in total. The van der Waals surface area contributed by atoms with Gasteiger partial charge in [0.2, 0.25) is 0 Å². The van der Waals surface area contributed by atoms with Gasteiger partial charge in [-0.05, 0) is 37.2 Å². The molecular formula is C19H31N. The van der Waals surface area contributed by atoms with E-state index in [-0.39, 0.29) is 0 Å². The fourth-order valence-corrected chi connectivity index (χ4v) is 3.38. The Labute approximate surface area is 125 Å². The Bertz CT molecular complexity index is 359. The summed E-state index contributed by atoms with van der Waals surface area (Å²) in [6.45, 7) is 4.70. The summed E-state index contributed by atoms with van der Waals surface area (Å²) in [6, 6.07) is 12.3. The topological polar surface area (TPSA) is 12.0 Å². The summed E-state index contributed by atoms with van der Waals surface area (Å²) in [5, 5.41) is 3.97. The maximum Gasteiger partial charge on any atom is 0.0322 e. The number of unbranched alkanes of at least 4 members (excludes halogenated alkanes) is 1. The SMILES string of the molecule is CCCCC(NC1CCCC(C)CC1)c1ccccc1. The van der Waals surface area contributed by atoms with Crippen molar-refractivity contribution in [1.29, 1.82) is 0 Å². The lowest BCUT2D eigenvalue weighted by atomic mass is 9.98. The molecule has 0 spiro atoms. The van der Waals surface area contributed by atoms with Crippen molar-refractivity contribution >= 4 is 0 Å². The van der Waals surface area contributed by atoms with E-state index in [9.17, 15) is 0 Å². The minimum Gasteiger partial charge on any atom is -0.307 e. The molecule has 1 aromatic rings. The minimum atomic E-state index is 0.551. The number of benzene rings is 1. The molecule has 1 heteroatoms. The first-order valence-corrected chi connectivity index (χ1v) is 8.60. The van der Waals surface area contributed by atoms with Crippen molar-refractivity contribution in [2.75, 3.05) is 0 Å². The van der Waals surface area contributed by atoms with Crippen molar-refractivity contribution < 1.29 is 0 Å². The van der Waals surface area contributed by atoms with Crippen LogP contribution in [0.3, 0.4) is 0 Å². The fourth-order valence-electron chi connectivity index (χ4n) is 3.38. The Balaban J connectivity index is 1.96. The average Bonchev–Trinajstić information content (AvgIpc) is 2.69. The van der Waals surface area contributed by atoms with Crippen LogP contribution in [0.5, 0.6) is 0 Å². The van der Waals surface area contributed by atoms with Crippen molar-refractivity contribution in [2.45, 2.75) is 77.3 Å². The lowest BCUT2D eigenvalue weighted by Crippen LogP contribution is -2.32. The first-order valence-electron chi connectivity index (χ1n) is 8.60. The summed E-state index contributed by atoms with van der Waals surface area (Å²) >= 11 is 0. The predicted octanol–water partition coefficient (Wildman–Crippen LogP) is 5.48. The number of hydrogen-bond donors (Lipinski definition) is 1. The second kappa shape index (κ2) is 8.46. The number of nitrogens with one attached hydrogen (secondary N) is 1. The molecule has 1 fully saturated rings. The molecule has 0 amide bonds. The molecule has 0 heterocycles. The van der Waals surface area contributed by atoms with Crippen molar-refractivity contribution in [3.8, 4) is 0 Å². The smallest absolute Gasteiger partial charge is 0.0322 e. The van der Waals surface area contributed by atoms with Crippen LogP contribution < -0.4 is 5.32 Å². The van der Waals surface area contributed by atoms with Gasteiger partial charge >= 0.3 is 0 Å². The zero-order valence-corrected chi connectivity index (χ0v) is 13.3. The molecule has 0 saturated heterocycles. The van der Waals surface area contributed by atoms with Gasteiger partial charge in [0.1, 0.15) is 0 Å². The van der Waals surface area contributed by atoms with E-state index in [1.165, 1.54) is 56.9 Å². The summed E-state index contributed by atoms with van der Waals surface area (Å²) in [5.74, 6) is 0.924. The van der Waals surface area contributed by atoms with Gasteiger partial charge in [0.25, 0.3) is 0 Å². The molecule has 2 rings (SSSR count). The molecule has 3 atom stereocenters. The van der Waals surface area contributed by atoms with Gasteiger partial charge in [-0.2, -0.15) is 0 Å². The van der Waals surface area contributed by atoms with Crippen LogP contribution in [-0.2, 0) is 0 Å². The maximum absolute atomic E-state index is 3.97. The van der Waals surface area contributed by atoms with Gasteiger partial charge in [-0.3, -0.25) is 0 Å². The van der Waals surface area contributed by atoms with Crippen LogP contribution in [0.4, 0.5) is 0 Å². The van der Waals surface area contributed by atoms with E-state index in [1.54, 1.807) is 0 Å². The largest absolute Gasteiger partial charge is 0.307 e. The van der Waals surface area contributed by atoms with E-state index in [0.717, 1.165) is 12.0 Å². The second-order valence-electron chi connectivity index (χ2n) is 6.58. The molecule has 20 heavy (non-hydrogen) atoms. The van der Waals surface area contributed by atoms with Gasteiger partial charge in [-0.15, -0.1) is 0 Å². The van der Waals surface area contributed by atoms with Gasteiger partial charge in [0.05, 0.1) is 0 Å². The van der Waals surface area contributed by atoms with Gasteiger partial charge in [-0.25, -0.2) is 0 Å². The predicted molar refractivity (Wildman–Crippen MR) is 87.9 cm³/mol. The average molecular weight is 273 g/mol. The summed E-state index contributed by atoms with van der Waals surface area (Å²) < 4.78 is 0. The third kappa shape index (κ3) is 4.94. The van der Waals surface area contributed by atoms with E-state index in [1.807, 2.05) is 0 Å². The molecule has 1 aliphatic rings. The van der Waals surface area contributed by atoms with Crippen molar-refractivity contribution in [3.63, 3.8) is 0 Å². The highest BCUT2D eigenvalue weighted by Crippen LogP contribution is 2.26. The van der Waals surface area contributed by atoms with Gasteiger partial charge in [0.15, 0.2) is 0 Å². The Morgan fingerprint density at radius 2 is 1.90 bits per heavy atom. The molecule has 0 aliphatic heterocycles. The minimum absolute atomic E-state index is 0.551. The number of hydrogen-bond acceptors (Lipinski definition) is 1. The third-order valence-corrected chi connectivity index (χ3v) is 4.74. The highest BCUT2D eigenvalue weighted by Gasteiger charge is 2.20. The molecule has 0 radical (unpaired) electrons. The van der Waals surface area contributed by atoms with E-state index < -0.39 is 0 Å². The molecule has 0 bridgehead atoms. The molecule has 1 saturated carbocycles.